The molecule has 8 nitrogen and oxygen atoms in total. The van der Waals surface area contributed by atoms with Gasteiger partial charge in [-0.05, 0) is 49.9 Å². The Morgan fingerprint density at radius 2 is 1.92 bits per heavy atom. The van der Waals surface area contributed by atoms with E-state index in [2.05, 4.69) is 15.3 Å². The third kappa shape index (κ3) is 6.89. The van der Waals surface area contributed by atoms with Gasteiger partial charge in [-0.25, -0.2) is 14.2 Å². The molecule has 1 saturated heterocycles. The van der Waals surface area contributed by atoms with Crippen LogP contribution >= 0.6 is 11.3 Å². The number of rotatable bonds is 7. The Bertz CT molecular complexity index is 1060. The number of hydrogen-bond donors (Lipinski definition) is 1. The molecule has 0 radical (unpaired) electrons. The summed E-state index contributed by atoms with van der Waals surface area (Å²) in [5.41, 5.74) is 1.18. The van der Waals surface area contributed by atoms with E-state index >= 15 is 0 Å². The topological polar surface area (TPSA) is 77.5 Å². The molecule has 194 valence electrons. The normalized spacial score (nSPS) is 18.7. The molecule has 36 heavy (non-hydrogen) atoms. The van der Waals surface area contributed by atoms with Crippen LogP contribution in [0, 0.1) is 5.82 Å². The van der Waals surface area contributed by atoms with Crippen LogP contribution in [0.4, 0.5) is 9.18 Å². The van der Waals surface area contributed by atoms with E-state index in [1.807, 2.05) is 38.3 Å². The first-order chi connectivity index (χ1) is 17.2. The second-order valence-electron chi connectivity index (χ2n) is 10.1. The molecule has 0 aliphatic carbocycles. The Labute approximate surface area is 215 Å². The summed E-state index contributed by atoms with van der Waals surface area (Å²) in [5.74, 6) is -0.607. The van der Waals surface area contributed by atoms with Gasteiger partial charge in [0.25, 0.3) is 5.91 Å². The molecule has 2 aliphatic heterocycles. The SMILES string of the molecule is CC(C)(C)NC(=O)N(CCN1CCOCC1)CC(=O)N1N=C(c2cccs2)C[C@H]1c1ccc(F)cc1. The van der Waals surface area contributed by atoms with Gasteiger partial charge in [0.1, 0.15) is 12.4 Å². The van der Waals surface area contributed by atoms with Gasteiger partial charge < -0.3 is 15.0 Å². The molecular weight excluding hydrogens is 481 g/mol. The molecule has 1 N–H and O–H groups in total. The van der Waals surface area contributed by atoms with Crippen molar-refractivity contribution in [1.29, 1.82) is 0 Å². The standard InChI is InChI=1S/C26H34FN5O3S/c1-26(2,3)28-25(34)31(11-10-30-12-14-35-15-13-30)18-24(33)32-22(19-6-8-20(27)9-7-19)17-21(29-32)23-5-4-16-36-23/h4-9,16,22H,10-15,17-18H2,1-3H3,(H,28,34)/t22-/m0/s1. The Kier molecular flexibility index (Phi) is 8.38. The summed E-state index contributed by atoms with van der Waals surface area (Å²) in [6, 6.07) is 9.45. The predicted molar refractivity (Wildman–Crippen MR) is 139 cm³/mol. The summed E-state index contributed by atoms with van der Waals surface area (Å²) in [6.07, 6.45) is 0.528. The molecule has 2 aromatic rings. The minimum atomic E-state index is -0.438. The van der Waals surface area contributed by atoms with Crippen LogP contribution in [0.1, 0.15) is 43.7 Å². The lowest BCUT2D eigenvalue weighted by Gasteiger charge is -2.32. The zero-order chi connectivity index (χ0) is 25.7. The Morgan fingerprint density at radius 3 is 2.56 bits per heavy atom. The minimum absolute atomic E-state index is 0.106. The summed E-state index contributed by atoms with van der Waals surface area (Å²) in [5, 5.41) is 11.1. The minimum Gasteiger partial charge on any atom is -0.379 e. The second-order valence-corrected chi connectivity index (χ2v) is 11.0. The molecule has 0 spiro atoms. The number of nitrogens with zero attached hydrogens (tertiary/aromatic N) is 4. The van der Waals surface area contributed by atoms with E-state index in [0.29, 0.717) is 32.7 Å². The van der Waals surface area contributed by atoms with Gasteiger partial charge in [0, 0.05) is 38.1 Å². The van der Waals surface area contributed by atoms with Crippen LogP contribution in [0.3, 0.4) is 0 Å². The fraction of sp³-hybridized carbons (Fsp3) is 0.500. The maximum atomic E-state index is 13.6. The van der Waals surface area contributed by atoms with Crippen LogP contribution in [0.15, 0.2) is 46.9 Å². The van der Waals surface area contributed by atoms with Crippen LogP contribution in [0.5, 0.6) is 0 Å². The number of halogens is 1. The van der Waals surface area contributed by atoms with E-state index in [1.54, 1.807) is 28.4 Å². The zero-order valence-electron chi connectivity index (χ0n) is 21.1. The van der Waals surface area contributed by atoms with Crippen molar-refractivity contribution < 1.29 is 18.7 Å². The smallest absolute Gasteiger partial charge is 0.318 e. The lowest BCUT2D eigenvalue weighted by Crippen LogP contribution is -2.53. The van der Waals surface area contributed by atoms with E-state index in [9.17, 15) is 14.0 Å². The van der Waals surface area contributed by atoms with E-state index in [4.69, 9.17) is 4.74 Å². The lowest BCUT2D eigenvalue weighted by molar-refractivity contribution is -0.133. The first kappa shape index (κ1) is 26.2. The van der Waals surface area contributed by atoms with Gasteiger partial charge in [-0.2, -0.15) is 5.10 Å². The van der Waals surface area contributed by atoms with Crippen molar-refractivity contribution in [2.45, 2.75) is 38.8 Å². The van der Waals surface area contributed by atoms with Crippen LogP contribution in [0.25, 0.3) is 0 Å². The molecule has 3 heterocycles. The summed E-state index contributed by atoms with van der Waals surface area (Å²) in [6.45, 7) is 9.63. The summed E-state index contributed by atoms with van der Waals surface area (Å²) in [7, 11) is 0. The fourth-order valence-corrected chi connectivity index (χ4v) is 4.97. The third-order valence-corrected chi connectivity index (χ3v) is 7.03. The van der Waals surface area contributed by atoms with E-state index in [-0.39, 0.29) is 30.3 Å². The van der Waals surface area contributed by atoms with E-state index < -0.39 is 5.54 Å². The quantitative estimate of drug-likeness (QED) is 0.610. The number of morpholine rings is 1. The summed E-state index contributed by atoms with van der Waals surface area (Å²) < 4.78 is 19.0. The van der Waals surface area contributed by atoms with Crippen LogP contribution in [0.2, 0.25) is 0 Å². The van der Waals surface area contributed by atoms with E-state index in [0.717, 1.165) is 29.2 Å². The van der Waals surface area contributed by atoms with Crippen molar-refractivity contribution in [1.82, 2.24) is 20.1 Å². The number of carbonyl (C=O) groups is 2. The van der Waals surface area contributed by atoms with Gasteiger partial charge in [0.05, 0.1) is 29.8 Å². The molecule has 1 fully saturated rings. The maximum Gasteiger partial charge on any atom is 0.318 e. The number of hydrazone groups is 1. The van der Waals surface area contributed by atoms with Crippen LogP contribution in [-0.4, -0.2) is 83.9 Å². The highest BCUT2D eigenvalue weighted by Crippen LogP contribution is 2.34. The molecular formula is C26H34FN5O3S. The molecule has 0 unspecified atom stereocenters. The first-order valence-electron chi connectivity index (χ1n) is 12.3. The van der Waals surface area contributed by atoms with Crippen molar-refractivity contribution >= 4 is 29.0 Å². The second kappa shape index (κ2) is 11.5. The van der Waals surface area contributed by atoms with E-state index in [1.165, 1.54) is 17.1 Å². The molecule has 1 aromatic carbocycles. The van der Waals surface area contributed by atoms with Gasteiger partial charge >= 0.3 is 6.03 Å². The Hall–Kier alpha value is -2.82. The number of ether oxygens (including phenoxy) is 1. The number of nitrogens with one attached hydrogen (secondary N) is 1. The molecule has 2 aliphatic rings. The number of hydrogen-bond acceptors (Lipinski definition) is 6. The van der Waals surface area contributed by atoms with Crippen molar-refractivity contribution in [2.75, 3.05) is 45.9 Å². The molecule has 0 bridgehead atoms. The largest absolute Gasteiger partial charge is 0.379 e. The molecule has 4 rings (SSSR count). The Morgan fingerprint density at radius 1 is 1.19 bits per heavy atom. The van der Waals surface area contributed by atoms with Gasteiger partial charge in [0.15, 0.2) is 0 Å². The molecule has 10 heteroatoms. The van der Waals surface area contributed by atoms with Crippen LogP contribution < -0.4 is 5.32 Å². The third-order valence-electron chi connectivity index (χ3n) is 6.11. The van der Waals surface area contributed by atoms with Crippen molar-refractivity contribution in [2.24, 2.45) is 5.10 Å². The van der Waals surface area contributed by atoms with Crippen molar-refractivity contribution in [3.05, 3.63) is 58.0 Å². The number of urea groups is 1. The molecule has 0 saturated carbocycles. The predicted octanol–water partition coefficient (Wildman–Crippen LogP) is 3.71. The fourth-order valence-electron chi connectivity index (χ4n) is 4.25. The highest BCUT2D eigenvalue weighted by atomic mass is 32.1. The van der Waals surface area contributed by atoms with Gasteiger partial charge in [-0.15, -0.1) is 11.3 Å². The number of carbonyl (C=O) groups excluding carboxylic acids is 2. The maximum absolute atomic E-state index is 13.6. The number of thiophene rings is 1. The highest BCUT2D eigenvalue weighted by Gasteiger charge is 2.35. The van der Waals surface area contributed by atoms with Crippen molar-refractivity contribution in [3.63, 3.8) is 0 Å². The molecule has 1 aromatic heterocycles. The van der Waals surface area contributed by atoms with Crippen LogP contribution in [-0.2, 0) is 9.53 Å². The average Bonchev–Trinajstić information content (AvgIpc) is 3.52. The number of benzene rings is 1. The summed E-state index contributed by atoms with van der Waals surface area (Å²) >= 11 is 1.56. The first-order valence-corrected chi connectivity index (χ1v) is 13.1. The van der Waals surface area contributed by atoms with Crippen molar-refractivity contribution in [3.8, 4) is 0 Å². The molecule has 3 amide bonds. The average molecular weight is 516 g/mol. The lowest BCUT2D eigenvalue weighted by atomic mass is 10.0. The number of amides is 3. The highest BCUT2D eigenvalue weighted by molar-refractivity contribution is 7.12. The molecule has 1 atom stereocenters. The summed E-state index contributed by atoms with van der Waals surface area (Å²) in [4.78, 5) is 31.6. The van der Waals surface area contributed by atoms with Gasteiger partial charge in [-0.3, -0.25) is 9.69 Å². The van der Waals surface area contributed by atoms with Gasteiger partial charge in [-0.1, -0.05) is 18.2 Å². The zero-order valence-corrected chi connectivity index (χ0v) is 21.9. The van der Waals surface area contributed by atoms with Gasteiger partial charge in [0.2, 0.25) is 0 Å². The monoisotopic (exact) mass is 515 g/mol. The Balaban J connectivity index is 1.53.